The van der Waals surface area contributed by atoms with Crippen LogP contribution in [-0.4, -0.2) is 13.0 Å². The lowest BCUT2D eigenvalue weighted by molar-refractivity contribution is 0.482. The van der Waals surface area contributed by atoms with Crippen LogP contribution in [0.5, 0.6) is 0 Å². The molecule has 1 aromatic rings. The van der Waals surface area contributed by atoms with Gasteiger partial charge in [-0.25, -0.2) is 0 Å². The van der Waals surface area contributed by atoms with E-state index in [-0.39, 0.29) is 9.92 Å². The molecular weight excluding hydrogens is 212 g/mol. The van der Waals surface area contributed by atoms with Gasteiger partial charge in [-0.1, -0.05) is 11.6 Å². The topological polar surface area (TPSA) is 54.4 Å². The summed E-state index contributed by atoms with van der Waals surface area (Å²) in [5.74, 6) is 0. The van der Waals surface area contributed by atoms with E-state index in [0.717, 1.165) is 5.56 Å². The van der Waals surface area contributed by atoms with Crippen molar-refractivity contribution in [2.75, 3.05) is 0 Å². The fraction of sp³-hybridized carbons (Fsp3) is 0.250. The van der Waals surface area contributed by atoms with Crippen LogP contribution in [0.4, 0.5) is 0 Å². The Kier molecular flexibility index (Phi) is 2.66. The van der Waals surface area contributed by atoms with Gasteiger partial charge in [-0.2, -0.15) is 8.42 Å². The van der Waals surface area contributed by atoms with E-state index in [1.54, 1.807) is 6.92 Å². The average molecular weight is 220 g/mol. The highest BCUT2D eigenvalue weighted by Gasteiger charge is 2.17. The Bertz CT molecular complexity index is 414. The monoisotopic (exact) mass is 219 g/mol. The molecule has 0 spiro atoms. The van der Waals surface area contributed by atoms with Gasteiger partial charge in [-0.3, -0.25) is 4.55 Å². The first kappa shape index (κ1) is 10.5. The number of hydrogen-bond donors (Lipinski definition) is 1. The van der Waals surface area contributed by atoms with Gasteiger partial charge >= 0.3 is 0 Å². The van der Waals surface area contributed by atoms with Gasteiger partial charge in [0.25, 0.3) is 10.1 Å². The van der Waals surface area contributed by atoms with E-state index < -0.39 is 10.1 Å². The molecule has 13 heavy (non-hydrogen) atoms. The molecule has 0 bridgehead atoms. The Morgan fingerprint density at radius 1 is 1.46 bits per heavy atom. The van der Waals surface area contributed by atoms with E-state index in [4.69, 9.17) is 16.2 Å². The van der Waals surface area contributed by atoms with Crippen LogP contribution < -0.4 is 0 Å². The van der Waals surface area contributed by atoms with E-state index in [2.05, 4.69) is 6.07 Å². The van der Waals surface area contributed by atoms with Crippen LogP contribution in [0, 0.1) is 19.9 Å². The smallest absolute Gasteiger partial charge is 0.282 e. The lowest BCUT2D eigenvalue weighted by atomic mass is 10.2. The number of hydrogen-bond acceptors (Lipinski definition) is 2. The molecule has 1 radical (unpaired) electrons. The molecule has 0 aliphatic heterocycles. The van der Waals surface area contributed by atoms with Gasteiger partial charge < -0.3 is 0 Å². The number of aryl methyl sites for hydroxylation is 2. The van der Waals surface area contributed by atoms with Gasteiger partial charge in [0.2, 0.25) is 0 Å². The van der Waals surface area contributed by atoms with Crippen LogP contribution in [-0.2, 0) is 10.1 Å². The molecular formula is C8H8ClO3S. The first-order valence-corrected chi connectivity index (χ1v) is 5.30. The maximum Gasteiger partial charge on any atom is 0.296 e. The Hall–Kier alpha value is -0.580. The molecule has 0 saturated carbocycles. The second-order valence-corrected chi connectivity index (χ2v) is 4.50. The summed E-state index contributed by atoms with van der Waals surface area (Å²) >= 11 is 5.66. The second kappa shape index (κ2) is 3.29. The van der Waals surface area contributed by atoms with Gasteiger partial charge in [-0.05, 0) is 37.1 Å². The van der Waals surface area contributed by atoms with Crippen LogP contribution in [0.25, 0.3) is 0 Å². The van der Waals surface area contributed by atoms with Crippen molar-refractivity contribution in [2.24, 2.45) is 0 Å². The van der Waals surface area contributed by atoms with E-state index in [1.165, 1.54) is 13.0 Å². The van der Waals surface area contributed by atoms with Crippen molar-refractivity contribution < 1.29 is 13.0 Å². The van der Waals surface area contributed by atoms with Gasteiger partial charge in [-0.15, -0.1) is 0 Å². The largest absolute Gasteiger partial charge is 0.296 e. The molecule has 5 heteroatoms. The van der Waals surface area contributed by atoms with E-state index in [0.29, 0.717) is 5.56 Å². The predicted octanol–water partition coefficient (Wildman–Crippen LogP) is 2.00. The number of halogens is 1. The second-order valence-electron chi connectivity index (χ2n) is 2.73. The first-order valence-electron chi connectivity index (χ1n) is 3.49. The zero-order chi connectivity index (χ0) is 10.2. The van der Waals surface area contributed by atoms with Crippen molar-refractivity contribution in [3.05, 3.63) is 28.3 Å². The van der Waals surface area contributed by atoms with E-state index in [1.807, 2.05) is 0 Å². The lowest BCUT2D eigenvalue weighted by Gasteiger charge is -2.05. The van der Waals surface area contributed by atoms with Crippen LogP contribution in [0.3, 0.4) is 0 Å². The highest BCUT2D eigenvalue weighted by molar-refractivity contribution is 7.86. The Labute approximate surface area is 82.1 Å². The van der Waals surface area contributed by atoms with E-state index in [9.17, 15) is 8.42 Å². The summed E-state index contributed by atoms with van der Waals surface area (Å²) in [4.78, 5) is -0.264. The maximum absolute atomic E-state index is 10.8. The Morgan fingerprint density at radius 3 is 2.38 bits per heavy atom. The molecule has 0 saturated heterocycles. The third-order valence-corrected chi connectivity index (χ3v) is 3.00. The molecule has 0 aliphatic rings. The van der Waals surface area contributed by atoms with Gasteiger partial charge in [0.05, 0.1) is 5.02 Å². The van der Waals surface area contributed by atoms with Crippen LogP contribution >= 0.6 is 11.6 Å². The first-order chi connectivity index (χ1) is 5.82. The molecule has 1 aromatic carbocycles. The number of rotatable bonds is 1. The summed E-state index contributed by atoms with van der Waals surface area (Å²) in [6.45, 7) is 3.27. The lowest BCUT2D eigenvalue weighted by Crippen LogP contribution is -2.02. The molecule has 0 amide bonds. The molecule has 0 aromatic heterocycles. The van der Waals surface area contributed by atoms with Crippen LogP contribution in [0.15, 0.2) is 11.0 Å². The molecule has 0 aliphatic carbocycles. The van der Waals surface area contributed by atoms with Crippen molar-refractivity contribution in [1.82, 2.24) is 0 Å². The minimum Gasteiger partial charge on any atom is -0.282 e. The number of benzene rings is 1. The molecule has 3 nitrogen and oxygen atoms in total. The van der Waals surface area contributed by atoms with Gasteiger partial charge in [0.15, 0.2) is 0 Å². The molecule has 1 N–H and O–H groups in total. The standard InChI is InChI=1S/C8H8ClO3S/c1-5-3-6(2)8(7(9)4-5)13(10,11)12/h4H,1-2H3,(H,10,11,12). The summed E-state index contributed by atoms with van der Waals surface area (Å²) in [6, 6.07) is 4.20. The third-order valence-electron chi connectivity index (χ3n) is 1.54. The molecule has 0 heterocycles. The third kappa shape index (κ3) is 2.21. The fourth-order valence-electron chi connectivity index (χ4n) is 1.14. The SMILES string of the molecule is Cc1[c]c(C)c(S(=O)(=O)O)c(Cl)c1. The van der Waals surface area contributed by atoms with E-state index >= 15 is 0 Å². The molecule has 0 fully saturated rings. The summed E-state index contributed by atoms with van der Waals surface area (Å²) in [6.07, 6.45) is 0. The van der Waals surface area contributed by atoms with Crippen molar-refractivity contribution in [2.45, 2.75) is 18.7 Å². The summed E-state index contributed by atoms with van der Waals surface area (Å²) in [5.41, 5.74) is 1.06. The quantitative estimate of drug-likeness (QED) is 0.735. The highest BCUT2D eigenvalue weighted by atomic mass is 35.5. The molecule has 0 unspecified atom stereocenters. The van der Waals surface area contributed by atoms with Gasteiger partial charge in [0.1, 0.15) is 4.90 Å². The molecule has 1 rings (SSSR count). The summed E-state index contributed by atoms with van der Waals surface area (Å²) in [7, 11) is -4.24. The fourth-order valence-corrected chi connectivity index (χ4v) is 2.48. The van der Waals surface area contributed by atoms with Crippen LogP contribution in [0.2, 0.25) is 5.02 Å². The minimum absolute atomic E-state index is 0.0243. The predicted molar refractivity (Wildman–Crippen MR) is 49.6 cm³/mol. The maximum atomic E-state index is 10.8. The Balaban J connectivity index is 3.57. The molecule has 71 valence electrons. The van der Waals surface area contributed by atoms with Crippen LogP contribution in [0.1, 0.15) is 11.1 Å². The normalized spacial score (nSPS) is 11.7. The van der Waals surface area contributed by atoms with Crippen molar-refractivity contribution in [3.8, 4) is 0 Å². The minimum atomic E-state index is -4.24. The van der Waals surface area contributed by atoms with Crippen molar-refractivity contribution >= 4 is 21.7 Å². The van der Waals surface area contributed by atoms with Crippen molar-refractivity contribution in [1.29, 1.82) is 0 Å². The zero-order valence-corrected chi connectivity index (χ0v) is 8.70. The average Bonchev–Trinajstić information content (AvgIpc) is 1.78. The molecule has 0 atom stereocenters. The summed E-state index contributed by atoms with van der Waals surface area (Å²) < 4.78 is 30.5. The summed E-state index contributed by atoms with van der Waals surface area (Å²) in [5, 5.41) is 0.0243. The highest BCUT2D eigenvalue weighted by Crippen LogP contribution is 2.25. The zero-order valence-electron chi connectivity index (χ0n) is 7.13. The Morgan fingerprint density at radius 2 is 2.00 bits per heavy atom. The van der Waals surface area contributed by atoms with Crippen molar-refractivity contribution in [3.63, 3.8) is 0 Å². The van der Waals surface area contributed by atoms with Gasteiger partial charge in [0, 0.05) is 0 Å².